The zero-order valence-corrected chi connectivity index (χ0v) is 9.54. The molecule has 0 unspecified atom stereocenters. The number of pyridine rings is 1. The van der Waals surface area contributed by atoms with E-state index in [1.807, 2.05) is 13.1 Å². The van der Waals surface area contributed by atoms with Crippen LogP contribution in [0.2, 0.25) is 0 Å². The molecule has 0 bridgehead atoms. The maximum atomic E-state index is 11.5. The summed E-state index contributed by atoms with van der Waals surface area (Å²) in [4.78, 5) is 11.5. The van der Waals surface area contributed by atoms with Gasteiger partial charge >= 0.3 is 0 Å². The van der Waals surface area contributed by atoms with E-state index in [9.17, 15) is 4.79 Å². The summed E-state index contributed by atoms with van der Waals surface area (Å²) < 4.78 is 2.21. The van der Waals surface area contributed by atoms with Gasteiger partial charge in [-0.25, -0.2) is 0 Å². The zero-order valence-electron chi connectivity index (χ0n) is 7.96. The Morgan fingerprint density at radius 1 is 1.64 bits per heavy atom. The first-order valence-electron chi connectivity index (χ1n) is 4.38. The Morgan fingerprint density at radius 2 is 2.36 bits per heavy atom. The fourth-order valence-electron chi connectivity index (χ4n) is 1.24. The normalized spacial score (nSPS) is 9.79. The number of unbranched alkanes of at least 4 members (excludes halogenated alkanes) is 1. The van der Waals surface area contributed by atoms with E-state index in [1.54, 1.807) is 10.6 Å². The molecule has 0 aliphatic rings. The molecule has 0 fully saturated rings. The predicted molar refractivity (Wildman–Crippen MR) is 58.0 cm³/mol. The van der Waals surface area contributed by atoms with Crippen LogP contribution in [0.1, 0.15) is 18.4 Å². The third-order valence-electron chi connectivity index (χ3n) is 1.87. The van der Waals surface area contributed by atoms with Crippen LogP contribution in [-0.4, -0.2) is 4.57 Å². The Kier molecular flexibility index (Phi) is 3.90. The molecule has 4 heteroatoms. The van der Waals surface area contributed by atoms with E-state index < -0.39 is 0 Å². The molecule has 1 rings (SSSR count). The summed E-state index contributed by atoms with van der Waals surface area (Å²) in [6.07, 6.45) is 3.01. The number of nitrogens with zero attached hydrogens (tertiary/aromatic N) is 2. The number of nitriles is 1. The van der Waals surface area contributed by atoms with E-state index in [4.69, 9.17) is 5.26 Å². The Bertz CT molecular complexity index is 417. The van der Waals surface area contributed by atoms with Crippen molar-refractivity contribution in [1.29, 1.82) is 5.26 Å². The standard InChI is InChI=1S/C10H11BrN2O/c1-8-6-9(11)10(14)13(7-8)5-3-2-4-12/h6-7H,2-3,5H2,1H3. The lowest BCUT2D eigenvalue weighted by Crippen LogP contribution is -2.20. The lowest BCUT2D eigenvalue weighted by atomic mass is 10.3. The summed E-state index contributed by atoms with van der Waals surface area (Å²) in [5, 5.41) is 8.38. The van der Waals surface area contributed by atoms with Gasteiger partial charge in [-0.3, -0.25) is 4.79 Å². The quantitative estimate of drug-likeness (QED) is 0.777. The third kappa shape index (κ3) is 2.71. The lowest BCUT2D eigenvalue weighted by molar-refractivity contribution is 0.627. The van der Waals surface area contributed by atoms with Crippen LogP contribution in [0.25, 0.3) is 0 Å². The summed E-state index contributed by atoms with van der Waals surface area (Å²) >= 11 is 3.21. The molecule has 0 spiro atoms. The molecule has 1 aromatic rings. The highest BCUT2D eigenvalue weighted by atomic mass is 79.9. The molecule has 0 saturated heterocycles. The number of hydrogen-bond acceptors (Lipinski definition) is 2. The number of aryl methyl sites for hydroxylation is 2. The van der Waals surface area contributed by atoms with Crippen molar-refractivity contribution in [2.75, 3.05) is 0 Å². The van der Waals surface area contributed by atoms with Crippen molar-refractivity contribution in [3.63, 3.8) is 0 Å². The van der Waals surface area contributed by atoms with Crippen LogP contribution < -0.4 is 5.56 Å². The molecule has 0 aromatic carbocycles. The second-order valence-corrected chi connectivity index (χ2v) is 3.98. The molecule has 0 atom stereocenters. The van der Waals surface area contributed by atoms with Gasteiger partial charge in [0.1, 0.15) is 0 Å². The van der Waals surface area contributed by atoms with Crippen molar-refractivity contribution in [3.8, 4) is 6.07 Å². The molecule has 0 amide bonds. The first-order chi connectivity index (χ1) is 6.65. The van der Waals surface area contributed by atoms with Gasteiger partial charge in [0, 0.05) is 19.2 Å². The number of aromatic nitrogens is 1. The highest BCUT2D eigenvalue weighted by molar-refractivity contribution is 9.10. The molecule has 0 aliphatic heterocycles. The number of hydrogen-bond donors (Lipinski definition) is 0. The van der Waals surface area contributed by atoms with E-state index in [2.05, 4.69) is 22.0 Å². The van der Waals surface area contributed by atoms with Crippen molar-refractivity contribution < 1.29 is 0 Å². The Morgan fingerprint density at radius 3 is 3.00 bits per heavy atom. The van der Waals surface area contributed by atoms with Crippen molar-refractivity contribution in [2.24, 2.45) is 0 Å². The molecule has 0 N–H and O–H groups in total. The van der Waals surface area contributed by atoms with Gasteiger partial charge in [0.2, 0.25) is 0 Å². The SMILES string of the molecule is Cc1cc(Br)c(=O)n(CCCC#N)c1. The minimum atomic E-state index is -0.0338. The topological polar surface area (TPSA) is 45.8 Å². The molecule has 14 heavy (non-hydrogen) atoms. The van der Waals surface area contributed by atoms with Gasteiger partial charge in [-0.05, 0) is 40.9 Å². The van der Waals surface area contributed by atoms with Crippen LogP contribution in [0.15, 0.2) is 21.5 Å². The summed E-state index contributed by atoms with van der Waals surface area (Å²) in [6, 6.07) is 3.85. The monoisotopic (exact) mass is 254 g/mol. The van der Waals surface area contributed by atoms with Crippen molar-refractivity contribution in [3.05, 3.63) is 32.7 Å². The maximum Gasteiger partial charge on any atom is 0.264 e. The first-order valence-corrected chi connectivity index (χ1v) is 5.18. The maximum absolute atomic E-state index is 11.5. The molecule has 0 radical (unpaired) electrons. The van der Waals surface area contributed by atoms with Crippen LogP contribution in [0, 0.1) is 18.3 Å². The average molecular weight is 255 g/mol. The summed E-state index contributed by atoms with van der Waals surface area (Å²) in [5.74, 6) is 0. The highest BCUT2D eigenvalue weighted by Gasteiger charge is 2.01. The molecule has 0 saturated carbocycles. The fraction of sp³-hybridized carbons (Fsp3) is 0.400. The highest BCUT2D eigenvalue weighted by Crippen LogP contribution is 2.06. The van der Waals surface area contributed by atoms with Gasteiger partial charge < -0.3 is 4.57 Å². The molecule has 1 heterocycles. The summed E-state index contributed by atoms with van der Waals surface area (Å²) in [5.41, 5.74) is 1.00. The van der Waals surface area contributed by atoms with Crippen LogP contribution in [-0.2, 0) is 6.54 Å². The van der Waals surface area contributed by atoms with Gasteiger partial charge in [0.15, 0.2) is 0 Å². The first kappa shape index (κ1) is 11.0. The third-order valence-corrected chi connectivity index (χ3v) is 2.43. The van der Waals surface area contributed by atoms with E-state index in [0.29, 0.717) is 23.9 Å². The van der Waals surface area contributed by atoms with Crippen molar-refractivity contribution in [2.45, 2.75) is 26.3 Å². The minimum absolute atomic E-state index is 0.0338. The van der Waals surface area contributed by atoms with Gasteiger partial charge in [-0.1, -0.05) is 0 Å². The van der Waals surface area contributed by atoms with Crippen LogP contribution in [0.5, 0.6) is 0 Å². The van der Waals surface area contributed by atoms with Crippen LogP contribution in [0.4, 0.5) is 0 Å². The van der Waals surface area contributed by atoms with Crippen molar-refractivity contribution in [1.82, 2.24) is 4.57 Å². The van der Waals surface area contributed by atoms with Crippen molar-refractivity contribution >= 4 is 15.9 Å². The van der Waals surface area contributed by atoms with Crippen LogP contribution >= 0.6 is 15.9 Å². The average Bonchev–Trinajstić information content (AvgIpc) is 2.13. The predicted octanol–water partition coefficient (Wildman–Crippen LogP) is 2.22. The number of halogens is 1. The van der Waals surface area contributed by atoms with Gasteiger partial charge in [0.05, 0.1) is 10.5 Å². The largest absolute Gasteiger partial charge is 0.314 e. The Balaban J connectivity index is 2.87. The van der Waals surface area contributed by atoms with E-state index >= 15 is 0 Å². The van der Waals surface area contributed by atoms with Gasteiger partial charge in [-0.15, -0.1) is 0 Å². The Labute approximate surface area is 91.1 Å². The van der Waals surface area contributed by atoms with Gasteiger partial charge in [0.25, 0.3) is 5.56 Å². The number of rotatable bonds is 3. The molecule has 74 valence electrons. The molecule has 3 nitrogen and oxygen atoms in total. The molecular formula is C10H11BrN2O. The second-order valence-electron chi connectivity index (χ2n) is 3.13. The summed E-state index contributed by atoms with van der Waals surface area (Å²) in [6.45, 7) is 2.54. The minimum Gasteiger partial charge on any atom is -0.314 e. The second kappa shape index (κ2) is 4.97. The zero-order chi connectivity index (χ0) is 10.6. The van der Waals surface area contributed by atoms with E-state index in [-0.39, 0.29) is 5.56 Å². The molecule has 1 aromatic heterocycles. The smallest absolute Gasteiger partial charge is 0.264 e. The molecule has 0 aliphatic carbocycles. The van der Waals surface area contributed by atoms with E-state index in [0.717, 1.165) is 5.56 Å². The Hall–Kier alpha value is -1.08. The molecular weight excluding hydrogens is 244 g/mol. The van der Waals surface area contributed by atoms with Gasteiger partial charge in [-0.2, -0.15) is 5.26 Å². The lowest BCUT2D eigenvalue weighted by Gasteiger charge is -2.05. The van der Waals surface area contributed by atoms with E-state index in [1.165, 1.54) is 0 Å². The van der Waals surface area contributed by atoms with Crippen LogP contribution in [0.3, 0.4) is 0 Å². The summed E-state index contributed by atoms with van der Waals surface area (Å²) in [7, 11) is 0. The fourth-order valence-corrected chi connectivity index (χ4v) is 1.82.